The molecular formula is C76H134O6. The van der Waals surface area contributed by atoms with Crippen LogP contribution in [0.4, 0.5) is 0 Å². The minimum absolute atomic E-state index is 0.0902. The van der Waals surface area contributed by atoms with Crippen molar-refractivity contribution >= 4 is 17.9 Å². The van der Waals surface area contributed by atoms with Gasteiger partial charge in [-0.15, -0.1) is 0 Å². The fourth-order valence-electron chi connectivity index (χ4n) is 10.3. The quantitative estimate of drug-likeness (QED) is 0.0261. The van der Waals surface area contributed by atoms with Gasteiger partial charge in [-0.2, -0.15) is 0 Å². The van der Waals surface area contributed by atoms with Crippen molar-refractivity contribution in [2.75, 3.05) is 13.2 Å². The molecule has 0 aliphatic heterocycles. The maximum absolute atomic E-state index is 12.9. The molecule has 1 atom stereocenters. The summed E-state index contributed by atoms with van der Waals surface area (Å²) in [5.41, 5.74) is 0. The van der Waals surface area contributed by atoms with Crippen molar-refractivity contribution in [2.24, 2.45) is 0 Å². The largest absolute Gasteiger partial charge is 0.462 e. The highest BCUT2D eigenvalue weighted by atomic mass is 16.6. The Morgan fingerprint density at radius 2 is 0.476 bits per heavy atom. The van der Waals surface area contributed by atoms with Crippen LogP contribution in [-0.2, 0) is 28.6 Å². The zero-order valence-electron chi connectivity index (χ0n) is 54.5. The molecule has 0 bridgehead atoms. The monoisotopic (exact) mass is 1140 g/mol. The molecule has 0 rings (SSSR count). The Labute approximate surface area is 509 Å². The Kier molecular flexibility index (Phi) is 67.2. The molecule has 0 heterocycles. The molecule has 0 radical (unpaired) electrons. The van der Waals surface area contributed by atoms with E-state index in [-0.39, 0.29) is 37.5 Å². The molecular weight excluding hydrogens is 1010 g/mol. The van der Waals surface area contributed by atoms with E-state index in [9.17, 15) is 14.4 Å². The molecule has 0 aromatic rings. The average Bonchev–Trinajstić information content (AvgIpc) is 3.47. The van der Waals surface area contributed by atoms with Gasteiger partial charge >= 0.3 is 17.9 Å². The first-order valence-electron chi connectivity index (χ1n) is 35.6. The molecule has 474 valence electrons. The van der Waals surface area contributed by atoms with Crippen molar-refractivity contribution < 1.29 is 28.6 Å². The highest BCUT2D eigenvalue weighted by Crippen LogP contribution is 2.18. The predicted molar refractivity (Wildman–Crippen MR) is 358 cm³/mol. The van der Waals surface area contributed by atoms with Gasteiger partial charge in [-0.1, -0.05) is 331 Å². The highest BCUT2D eigenvalue weighted by Gasteiger charge is 2.19. The Hall–Kier alpha value is -3.41. The number of allylic oxidation sites excluding steroid dienone is 14. The van der Waals surface area contributed by atoms with E-state index in [0.717, 1.165) is 89.9 Å². The lowest BCUT2D eigenvalue weighted by Crippen LogP contribution is -2.30. The van der Waals surface area contributed by atoms with Gasteiger partial charge in [0.25, 0.3) is 0 Å². The van der Waals surface area contributed by atoms with Crippen molar-refractivity contribution in [1.29, 1.82) is 0 Å². The Morgan fingerprint density at radius 1 is 0.256 bits per heavy atom. The van der Waals surface area contributed by atoms with Gasteiger partial charge in [0.1, 0.15) is 13.2 Å². The number of carbonyl (C=O) groups is 3. The Morgan fingerprint density at radius 3 is 0.780 bits per heavy atom. The number of carbonyl (C=O) groups excluding carboxylic acids is 3. The number of esters is 3. The van der Waals surface area contributed by atoms with E-state index in [1.54, 1.807) is 0 Å². The normalized spacial score (nSPS) is 12.6. The number of hydrogen-bond acceptors (Lipinski definition) is 6. The summed E-state index contributed by atoms with van der Waals surface area (Å²) in [7, 11) is 0. The molecule has 0 amide bonds. The number of hydrogen-bond donors (Lipinski definition) is 0. The second-order valence-electron chi connectivity index (χ2n) is 23.8. The summed E-state index contributed by atoms with van der Waals surface area (Å²) in [6, 6.07) is 0. The molecule has 0 aliphatic carbocycles. The van der Waals surface area contributed by atoms with Crippen LogP contribution in [0.5, 0.6) is 0 Å². The summed E-state index contributed by atoms with van der Waals surface area (Å²) in [4.78, 5) is 38.4. The van der Waals surface area contributed by atoms with Crippen molar-refractivity contribution in [3.63, 3.8) is 0 Å². The lowest BCUT2D eigenvalue weighted by molar-refractivity contribution is -0.167. The molecule has 0 aliphatic rings. The molecule has 6 nitrogen and oxygen atoms in total. The van der Waals surface area contributed by atoms with Crippen LogP contribution in [0.3, 0.4) is 0 Å². The van der Waals surface area contributed by atoms with Gasteiger partial charge in [-0.3, -0.25) is 14.4 Å². The zero-order chi connectivity index (χ0) is 59.2. The van der Waals surface area contributed by atoms with E-state index >= 15 is 0 Å². The summed E-state index contributed by atoms with van der Waals surface area (Å²) in [6.45, 7) is 6.53. The Bertz CT molecular complexity index is 1550. The first kappa shape index (κ1) is 78.6. The molecule has 0 spiro atoms. The summed E-state index contributed by atoms with van der Waals surface area (Å²) in [6.07, 6.45) is 93.4. The summed E-state index contributed by atoms with van der Waals surface area (Å²) >= 11 is 0. The van der Waals surface area contributed by atoms with E-state index in [1.165, 1.54) is 225 Å². The fraction of sp³-hybridized carbons (Fsp3) is 0.776. The number of unbranched alkanes of at least 4 members (excludes halogenated alkanes) is 40. The van der Waals surface area contributed by atoms with E-state index in [4.69, 9.17) is 14.2 Å². The smallest absolute Gasteiger partial charge is 0.306 e. The van der Waals surface area contributed by atoms with Gasteiger partial charge in [-0.25, -0.2) is 0 Å². The molecule has 0 saturated heterocycles. The summed E-state index contributed by atoms with van der Waals surface area (Å²) < 4.78 is 16.9. The molecule has 0 saturated carbocycles. The third-order valence-corrected chi connectivity index (χ3v) is 15.6. The van der Waals surface area contributed by atoms with Crippen molar-refractivity contribution in [3.05, 3.63) is 85.1 Å². The van der Waals surface area contributed by atoms with E-state index in [2.05, 4.69) is 106 Å². The van der Waals surface area contributed by atoms with Gasteiger partial charge < -0.3 is 14.2 Å². The van der Waals surface area contributed by atoms with Gasteiger partial charge in [0, 0.05) is 19.3 Å². The number of rotatable bonds is 65. The van der Waals surface area contributed by atoms with Crippen molar-refractivity contribution in [2.45, 2.75) is 367 Å². The van der Waals surface area contributed by atoms with Crippen LogP contribution in [0.1, 0.15) is 361 Å². The molecule has 0 fully saturated rings. The van der Waals surface area contributed by atoms with Crippen LogP contribution in [0.2, 0.25) is 0 Å². The highest BCUT2D eigenvalue weighted by molar-refractivity contribution is 5.71. The Balaban J connectivity index is 4.23. The molecule has 0 aromatic heterocycles. The minimum atomic E-state index is -0.799. The average molecular weight is 1140 g/mol. The fourth-order valence-corrected chi connectivity index (χ4v) is 10.3. The van der Waals surface area contributed by atoms with Crippen LogP contribution >= 0.6 is 0 Å². The van der Waals surface area contributed by atoms with E-state index < -0.39 is 6.10 Å². The molecule has 0 aromatic carbocycles. The summed E-state index contributed by atoms with van der Waals surface area (Å²) in [5.74, 6) is -0.916. The first-order chi connectivity index (χ1) is 40.5. The van der Waals surface area contributed by atoms with Gasteiger partial charge in [0.05, 0.1) is 0 Å². The minimum Gasteiger partial charge on any atom is -0.462 e. The topological polar surface area (TPSA) is 78.9 Å². The standard InChI is InChI=1S/C76H134O6/c1-4-7-10-13-16-19-22-25-27-29-31-33-34-35-36-37-38-39-40-41-42-44-45-47-49-51-54-57-60-63-66-69-75(78)81-72-73(71-80-74(77)68-65-62-59-56-53-24-21-18-15-12-9-6-3)82-76(79)70-67-64-61-58-55-52-50-48-46-43-32-30-28-26-23-20-17-14-11-8-5-2/h8,11,17,20,26,28-29,31-32,43,48,50,55,58,73H,4-7,9-10,12-16,18-19,21-25,27,30,33-42,44-47,49,51-54,56-57,59-72H2,1-3H3/b11-8-,20-17-,28-26-,31-29-,43-32-,50-48-,58-55-. The molecule has 0 N–H and O–H groups in total. The first-order valence-corrected chi connectivity index (χ1v) is 35.6. The van der Waals surface area contributed by atoms with Crippen LogP contribution in [0.15, 0.2) is 85.1 Å². The van der Waals surface area contributed by atoms with Crippen molar-refractivity contribution in [3.8, 4) is 0 Å². The second kappa shape index (κ2) is 70.1. The lowest BCUT2D eigenvalue weighted by atomic mass is 10.0. The maximum Gasteiger partial charge on any atom is 0.306 e. The molecule has 6 heteroatoms. The number of ether oxygens (including phenoxy) is 3. The third kappa shape index (κ3) is 67.4. The third-order valence-electron chi connectivity index (χ3n) is 15.6. The van der Waals surface area contributed by atoms with Crippen LogP contribution in [-0.4, -0.2) is 37.2 Å². The van der Waals surface area contributed by atoms with Gasteiger partial charge in [0.2, 0.25) is 0 Å². The van der Waals surface area contributed by atoms with Crippen LogP contribution in [0.25, 0.3) is 0 Å². The zero-order valence-corrected chi connectivity index (χ0v) is 54.5. The summed E-state index contributed by atoms with van der Waals surface area (Å²) in [5, 5.41) is 0. The van der Waals surface area contributed by atoms with E-state index in [0.29, 0.717) is 19.3 Å². The lowest BCUT2D eigenvalue weighted by Gasteiger charge is -2.18. The molecule has 1 unspecified atom stereocenters. The van der Waals surface area contributed by atoms with E-state index in [1.807, 2.05) is 0 Å². The maximum atomic E-state index is 12.9. The molecule has 82 heavy (non-hydrogen) atoms. The van der Waals surface area contributed by atoms with Gasteiger partial charge in [0.15, 0.2) is 6.10 Å². The SMILES string of the molecule is CC/C=C\C/C=C\C/C=C\C/C=C\C/C=C\C/C=C\CCCCC(=O)OC(COC(=O)CCCCCCCCCCCCCC)COC(=O)CCCCCCCCCCCCCCCCCCCCC/C=C\CCCCCCCCCC. The second-order valence-corrected chi connectivity index (χ2v) is 23.8. The van der Waals surface area contributed by atoms with Crippen LogP contribution < -0.4 is 0 Å². The van der Waals surface area contributed by atoms with Crippen LogP contribution in [0, 0.1) is 0 Å². The van der Waals surface area contributed by atoms with Gasteiger partial charge in [-0.05, 0) is 96.3 Å². The van der Waals surface area contributed by atoms with Crippen molar-refractivity contribution in [1.82, 2.24) is 0 Å². The predicted octanol–water partition coefficient (Wildman–Crippen LogP) is 24.6.